The van der Waals surface area contributed by atoms with Crippen molar-refractivity contribution >= 4 is 0 Å². The zero-order valence-electron chi connectivity index (χ0n) is 6.65. The molecule has 0 bridgehead atoms. The topological polar surface area (TPSA) is 92.5 Å². The molecule has 0 unspecified atom stereocenters. The van der Waals surface area contributed by atoms with Gasteiger partial charge in [-0.3, -0.25) is 0 Å². The molecule has 0 saturated carbocycles. The fraction of sp³-hybridized carbons (Fsp3) is 0.714. The van der Waals surface area contributed by atoms with E-state index < -0.39 is 11.3 Å². The van der Waals surface area contributed by atoms with Gasteiger partial charge in [-0.25, -0.2) is 0 Å². The summed E-state index contributed by atoms with van der Waals surface area (Å²) in [6.07, 6.45) is 0.522. The fourth-order valence-electron chi connectivity index (χ4n) is 0.740. The Kier molecular flexibility index (Phi) is 1.83. The largest absolute Gasteiger partial charge is 0.364 e. The van der Waals surface area contributed by atoms with Crippen molar-refractivity contribution < 1.29 is 5.11 Å². The van der Waals surface area contributed by atoms with Crippen LogP contribution < -0.4 is 0 Å². The van der Waals surface area contributed by atoms with Crippen LogP contribution in [0.4, 0.5) is 0 Å². The minimum Gasteiger partial charge on any atom is -0.364 e. The van der Waals surface area contributed by atoms with Crippen LogP contribution in [-0.2, 0) is 0 Å². The normalized spacial score (nSPS) is 18.0. The highest BCUT2D eigenvalue weighted by molar-refractivity contribution is 5.16. The SMILES string of the molecule is CC1(CCC(O)(C#N)C#N)N=N1. The third kappa shape index (κ3) is 1.77. The maximum atomic E-state index is 9.21. The van der Waals surface area contributed by atoms with Crippen LogP contribution >= 0.6 is 0 Å². The monoisotopic (exact) mass is 164 g/mol. The van der Waals surface area contributed by atoms with E-state index in [9.17, 15) is 5.11 Å². The van der Waals surface area contributed by atoms with Gasteiger partial charge in [-0.2, -0.15) is 20.8 Å². The van der Waals surface area contributed by atoms with E-state index in [-0.39, 0.29) is 6.42 Å². The van der Waals surface area contributed by atoms with Crippen LogP contribution in [0.5, 0.6) is 0 Å². The Morgan fingerprint density at radius 2 is 1.92 bits per heavy atom. The number of nitrogens with zero attached hydrogens (tertiary/aromatic N) is 4. The maximum Gasteiger partial charge on any atom is 0.238 e. The molecular weight excluding hydrogens is 156 g/mol. The highest BCUT2D eigenvalue weighted by Crippen LogP contribution is 2.33. The van der Waals surface area contributed by atoms with Crippen molar-refractivity contribution in [1.82, 2.24) is 0 Å². The second-order valence-corrected chi connectivity index (χ2v) is 3.00. The van der Waals surface area contributed by atoms with E-state index >= 15 is 0 Å². The van der Waals surface area contributed by atoms with Crippen LogP contribution in [0, 0.1) is 22.7 Å². The molecule has 0 aromatic carbocycles. The molecule has 62 valence electrons. The van der Waals surface area contributed by atoms with Gasteiger partial charge in [0, 0.05) is 12.8 Å². The number of hydrogen-bond donors (Lipinski definition) is 1. The van der Waals surface area contributed by atoms with E-state index in [2.05, 4.69) is 10.2 Å². The van der Waals surface area contributed by atoms with Gasteiger partial charge < -0.3 is 5.11 Å². The average Bonchev–Trinajstić information content (AvgIpc) is 2.81. The van der Waals surface area contributed by atoms with Crippen molar-refractivity contribution in [2.75, 3.05) is 0 Å². The molecule has 0 radical (unpaired) electrons. The van der Waals surface area contributed by atoms with Gasteiger partial charge >= 0.3 is 0 Å². The van der Waals surface area contributed by atoms with Crippen LogP contribution in [0.15, 0.2) is 10.2 Å². The number of aliphatic hydroxyl groups is 1. The standard InChI is InChI=1S/C7H8N4O/c1-6(10-11-6)2-3-7(12,4-8)5-9/h12H,2-3H2,1H3. The first-order valence-electron chi connectivity index (χ1n) is 3.53. The zero-order chi connectivity index (χ0) is 9.24. The Morgan fingerprint density at radius 3 is 2.25 bits per heavy atom. The molecule has 1 rings (SSSR count). The smallest absolute Gasteiger partial charge is 0.238 e. The predicted octanol–water partition coefficient (Wildman–Crippen LogP) is 0.727. The second-order valence-electron chi connectivity index (χ2n) is 3.00. The average molecular weight is 164 g/mol. The summed E-state index contributed by atoms with van der Waals surface area (Å²) in [5, 5.41) is 33.5. The lowest BCUT2D eigenvalue weighted by Gasteiger charge is -2.11. The molecule has 0 aromatic rings. The molecule has 0 saturated heterocycles. The maximum absolute atomic E-state index is 9.21. The number of hydrogen-bond acceptors (Lipinski definition) is 5. The molecule has 0 fully saturated rings. The van der Waals surface area contributed by atoms with Crippen LogP contribution in [0.1, 0.15) is 19.8 Å². The Hall–Kier alpha value is -1.46. The summed E-state index contributed by atoms with van der Waals surface area (Å²) in [6.45, 7) is 1.78. The summed E-state index contributed by atoms with van der Waals surface area (Å²) < 4.78 is 0. The molecule has 0 aliphatic carbocycles. The zero-order valence-corrected chi connectivity index (χ0v) is 6.65. The first-order valence-corrected chi connectivity index (χ1v) is 3.53. The summed E-state index contributed by atoms with van der Waals surface area (Å²) in [4.78, 5) is 0. The van der Waals surface area contributed by atoms with Crippen molar-refractivity contribution in [2.45, 2.75) is 31.0 Å². The minimum absolute atomic E-state index is 0.0868. The Balaban J connectivity index is 2.41. The van der Waals surface area contributed by atoms with Crippen molar-refractivity contribution in [3.8, 4) is 12.1 Å². The molecule has 5 nitrogen and oxygen atoms in total. The summed E-state index contributed by atoms with van der Waals surface area (Å²) in [7, 11) is 0. The van der Waals surface area contributed by atoms with Crippen molar-refractivity contribution in [2.24, 2.45) is 10.2 Å². The van der Waals surface area contributed by atoms with Gasteiger partial charge in [0.2, 0.25) is 5.60 Å². The van der Waals surface area contributed by atoms with Gasteiger partial charge in [-0.15, -0.1) is 0 Å². The van der Waals surface area contributed by atoms with E-state index in [0.29, 0.717) is 6.42 Å². The Labute approximate surface area is 69.9 Å². The van der Waals surface area contributed by atoms with Crippen molar-refractivity contribution in [3.63, 3.8) is 0 Å². The van der Waals surface area contributed by atoms with E-state index in [4.69, 9.17) is 10.5 Å². The molecule has 1 N–H and O–H groups in total. The van der Waals surface area contributed by atoms with Crippen molar-refractivity contribution in [1.29, 1.82) is 10.5 Å². The molecule has 0 aromatic heterocycles. The van der Waals surface area contributed by atoms with E-state index in [1.54, 1.807) is 6.92 Å². The van der Waals surface area contributed by atoms with E-state index in [1.807, 2.05) is 0 Å². The summed E-state index contributed by atoms with van der Waals surface area (Å²) in [5.41, 5.74) is -2.33. The molecule has 1 heterocycles. The molecule has 0 atom stereocenters. The first kappa shape index (κ1) is 8.63. The lowest BCUT2D eigenvalue weighted by atomic mass is 9.97. The molecular formula is C7H8N4O. The van der Waals surface area contributed by atoms with Crippen LogP contribution in [0.2, 0.25) is 0 Å². The number of rotatable bonds is 3. The highest BCUT2D eigenvalue weighted by Gasteiger charge is 2.38. The molecule has 1 aliphatic heterocycles. The van der Waals surface area contributed by atoms with Gasteiger partial charge in [0.15, 0.2) is 5.66 Å². The fourth-order valence-corrected chi connectivity index (χ4v) is 0.740. The highest BCUT2D eigenvalue weighted by atomic mass is 16.3. The first-order chi connectivity index (χ1) is 5.54. The van der Waals surface area contributed by atoms with E-state index in [1.165, 1.54) is 12.1 Å². The molecule has 0 spiro atoms. The second kappa shape index (κ2) is 2.54. The summed E-state index contributed by atoms with van der Waals surface area (Å²) in [6, 6.07) is 3.08. The predicted molar refractivity (Wildman–Crippen MR) is 38.7 cm³/mol. The third-order valence-corrected chi connectivity index (χ3v) is 1.77. The third-order valence-electron chi connectivity index (χ3n) is 1.77. The molecule has 5 heteroatoms. The lowest BCUT2D eigenvalue weighted by molar-refractivity contribution is 0.141. The van der Waals surface area contributed by atoms with Gasteiger partial charge in [-0.1, -0.05) is 0 Å². The van der Waals surface area contributed by atoms with Gasteiger partial charge in [0.1, 0.15) is 12.1 Å². The van der Waals surface area contributed by atoms with Gasteiger partial charge in [-0.05, 0) is 6.92 Å². The van der Waals surface area contributed by atoms with Crippen molar-refractivity contribution in [3.05, 3.63) is 0 Å². The molecule has 12 heavy (non-hydrogen) atoms. The van der Waals surface area contributed by atoms with Crippen LogP contribution in [0.3, 0.4) is 0 Å². The Morgan fingerprint density at radius 1 is 1.42 bits per heavy atom. The summed E-state index contributed by atoms with van der Waals surface area (Å²) >= 11 is 0. The molecule has 0 amide bonds. The van der Waals surface area contributed by atoms with Gasteiger partial charge in [0.25, 0.3) is 0 Å². The molecule has 1 aliphatic rings. The van der Waals surface area contributed by atoms with Crippen LogP contribution in [0.25, 0.3) is 0 Å². The minimum atomic E-state index is -1.88. The van der Waals surface area contributed by atoms with E-state index in [0.717, 1.165) is 0 Å². The summed E-state index contributed by atoms with van der Waals surface area (Å²) in [5.74, 6) is 0. The van der Waals surface area contributed by atoms with Crippen LogP contribution in [-0.4, -0.2) is 16.4 Å². The number of nitriles is 2. The van der Waals surface area contributed by atoms with Gasteiger partial charge in [0.05, 0.1) is 0 Å². The lowest BCUT2D eigenvalue weighted by Crippen LogP contribution is -2.25. The Bertz CT molecular complexity index is 276. The quantitative estimate of drug-likeness (QED) is 0.623.